The molecule has 1 unspecified atom stereocenters. The summed E-state index contributed by atoms with van der Waals surface area (Å²) in [4.78, 5) is 13.1. The van der Waals surface area contributed by atoms with E-state index >= 15 is 0 Å². The molecule has 0 spiro atoms. The molecule has 5 nitrogen and oxygen atoms in total. The standard InChI is InChI=1S/C10H14N2O3/c1-10(9(13)14)4-2-6-12(10)7-8-3-5-11-15-8/h3,5H,2,4,6-7H2,1H3,(H,13,14). The minimum Gasteiger partial charge on any atom is -0.480 e. The maximum atomic E-state index is 11.2. The molecule has 0 bridgehead atoms. The Labute approximate surface area is 87.7 Å². The van der Waals surface area contributed by atoms with Crippen LogP contribution in [0.15, 0.2) is 16.8 Å². The third-order valence-corrected chi connectivity index (χ3v) is 3.09. The normalized spacial score (nSPS) is 27.0. The number of nitrogens with zero attached hydrogens (tertiary/aromatic N) is 2. The predicted octanol–water partition coefficient (Wildman–Crippen LogP) is 1.11. The van der Waals surface area contributed by atoms with E-state index in [2.05, 4.69) is 5.16 Å². The van der Waals surface area contributed by atoms with E-state index in [1.807, 2.05) is 4.90 Å². The average Bonchev–Trinajstić information content (AvgIpc) is 2.78. The second-order valence-corrected chi connectivity index (χ2v) is 4.08. The van der Waals surface area contributed by atoms with Crippen LogP contribution in [0, 0.1) is 0 Å². The van der Waals surface area contributed by atoms with Gasteiger partial charge in [0.25, 0.3) is 0 Å². The highest BCUT2D eigenvalue weighted by Crippen LogP contribution is 2.30. The number of aliphatic carboxylic acids is 1. The number of hydrogen-bond acceptors (Lipinski definition) is 4. The van der Waals surface area contributed by atoms with Crippen molar-refractivity contribution in [1.82, 2.24) is 10.1 Å². The topological polar surface area (TPSA) is 66.6 Å². The minimum absolute atomic E-state index is 0.517. The zero-order chi connectivity index (χ0) is 10.9. The fraction of sp³-hybridized carbons (Fsp3) is 0.600. The lowest BCUT2D eigenvalue weighted by Crippen LogP contribution is -2.47. The molecular weight excluding hydrogens is 196 g/mol. The second-order valence-electron chi connectivity index (χ2n) is 4.08. The number of carboxylic acid groups (broad SMARTS) is 1. The first-order chi connectivity index (χ1) is 7.13. The Morgan fingerprint density at radius 1 is 1.80 bits per heavy atom. The third-order valence-electron chi connectivity index (χ3n) is 3.09. The summed E-state index contributed by atoms with van der Waals surface area (Å²) in [6, 6.07) is 1.76. The van der Waals surface area contributed by atoms with Crippen molar-refractivity contribution in [1.29, 1.82) is 0 Å². The van der Waals surface area contributed by atoms with Crippen molar-refractivity contribution in [3.8, 4) is 0 Å². The zero-order valence-electron chi connectivity index (χ0n) is 8.64. The van der Waals surface area contributed by atoms with Gasteiger partial charge in [0.2, 0.25) is 0 Å². The molecule has 15 heavy (non-hydrogen) atoms. The van der Waals surface area contributed by atoms with Crippen LogP contribution in [0.25, 0.3) is 0 Å². The molecule has 0 aliphatic carbocycles. The molecule has 1 aromatic rings. The van der Waals surface area contributed by atoms with Crippen LogP contribution in [-0.2, 0) is 11.3 Å². The van der Waals surface area contributed by atoms with Crippen LogP contribution in [-0.4, -0.2) is 33.2 Å². The van der Waals surface area contributed by atoms with Crippen molar-refractivity contribution in [2.75, 3.05) is 6.54 Å². The summed E-state index contributed by atoms with van der Waals surface area (Å²) < 4.78 is 4.98. The van der Waals surface area contributed by atoms with E-state index in [-0.39, 0.29) is 0 Å². The van der Waals surface area contributed by atoms with Gasteiger partial charge in [-0.3, -0.25) is 9.69 Å². The van der Waals surface area contributed by atoms with Crippen LogP contribution in [0.2, 0.25) is 0 Å². The molecule has 1 aromatic heterocycles. The van der Waals surface area contributed by atoms with E-state index in [4.69, 9.17) is 4.52 Å². The molecule has 2 rings (SSSR count). The molecule has 1 fully saturated rings. The van der Waals surface area contributed by atoms with Crippen LogP contribution in [0.4, 0.5) is 0 Å². The maximum Gasteiger partial charge on any atom is 0.323 e. The molecular formula is C10H14N2O3. The number of carboxylic acids is 1. The number of aromatic nitrogens is 1. The highest BCUT2D eigenvalue weighted by molar-refractivity contribution is 5.78. The van der Waals surface area contributed by atoms with Crippen molar-refractivity contribution in [3.63, 3.8) is 0 Å². The third kappa shape index (κ3) is 1.74. The lowest BCUT2D eigenvalue weighted by molar-refractivity contribution is -0.149. The molecule has 82 valence electrons. The van der Waals surface area contributed by atoms with Gasteiger partial charge in [-0.25, -0.2) is 0 Å². The van der Waals surface area contributed by atoms with Gasteiger partial charge in [0.05, 0.1) is 12.7 Å². The van der Waals surface area contributed by atoms with Gasteiger partial charge < -0.3 is 9.63 Å². The smallest absolute Gasteiger partial charge is 0.323 e. The lowest BCUT2D eigenvalue weighted by Gasteiger charge is -2.29. The van der Waals surface area contributed by atoms with E-state index < -0.39 is 11.5 Å². The molecule has 1 N–H and O–H groups in total. The van der Waals surface area contributed by atoms with Crippen molar-refractivity contribution >= 4 is 5.97 Å². The highest BCUT2D eigenvalue weighted by Gasteiger charge is 2.43. The molecule has 5 heteroatoms. The van der Waals surface area contributed by atoms with Crippen molar-refractivity contribution in [3.05, 3.63) is 18.0 Å². The molecule has 1 aliphatic heterocycles. The fourth-order valence-electron chi connectivity index (χ4n) is 2.03. The van der Waals surface area contributed by atoms with Gasteiger partial charge in [0, 0.05) is 6.07 Å². The summed E-state index contributed by atoms with van der Waals surface area (Å²) in [5.41, 5.74) is -0.757. The van der Waals surface area contributed by atoms with Gasteiger partial charge >= 0.3 is 5.97 Å². The Balaban J connectivity index is 2.12. The first-order valence-corrected chi connectivity index (χ1v) is 5.01. The molecule has 2 heterocycles. The van der Waals surface area contributed by atoms with Crippen LogP contribution < -0.4 is 0 Å². The van der Waals surface area contributed by atoms with Crippen LogP contribution in [0.5, 0.6) is 0 Å². The van der Waals surface area contributed by atoms with Gasteiger partial charge in [0.15, 0.2) is 5.76 Å². The molecule has 1 atom stereocenters. The molecule has 0 radical (unpaired) electrons. The van der Waals surface area contributed by atoms with E-state index in [1.54, 1.807) is 19.2 Å². The van der Waals surface area contributed by atoms with Crippen LogP contribution in [0.1, 0.15) is 25.5 Å². The first kappa shape index (κ1) is 10.2. The monoisotopic (exact) mass is 210 g/mol. The second kappa shape index (κ2) is 3.66. The molecule has 1 aliphatic rings. The summed E-state index contributed by atoms with van der Waals surface area (Å²) in [7, 11) is 0. The molecule has 0 aromatic carbocycles. The van der Waals surface area contributed by atoms with Gasteiger partial charge in [-0.05, 0) is 26.3 Å². The van der Waals surface area contributed by atoms with E-state index in [9.17, 15) is 9.90 Å². The Morgan fingerprint density at radius 2 is 2.60 bits per heavy atom. The molecule has 0 saturated carbocycles. The summed E-state index contributed by atoms with van der Waals surface area (Å²) in [6.45, 7) is 3.07. The van der Waals surface area contributed by atoms with Gasteiger partial charge in [0.1, 0.15) is 5.54 Å². The van der Waals surface area contributed by atoms with Crippen molar-refractivity contribution in [2.24, 2.45) is 0 Å². The van der Waals surface area contributed by atoms with Crippen LogP contribution in [0.3, 0.4) is 0 Å². The Kier molecular flexibility index (Phi) is 2.48. The number of hydrogen-bond donors (Lipinski definition) is 1. The molecule has 0 amide bonds. The van der Waals surface area contributed by atoms with Crippen molar-refractivity contribution in [2.45, 2.75) is 31.8 Å². The average molecular weight is 210 g/mol. The summed E-state index contributed by atoms with van der Waals surface area (Å²) >= 11 is 0. The van der Waals surface area contributed by atoms with E-state index in [0.717, 1.165) is 13.0 Å². The summed E-state index contributed by atoms with van der Waals surface area (Å²) in [5, 5.41) is 12.8. The van der Waals surface area contributed by atoms with Gasteiger partial charge in [-0.1, -0.05) is 5.16 Å². The quantitative estimate of drug-likeness (QED) is 0.809. The molecule has 1 saturated heterocycles. The predicted molar refractivity (Wildman–Crippen MR) is 52.2 cm³/mol. The van der Waals surface area contributed by atoms with Crippen LogP contribution >= 0.6 is 0 Å². The lowest BCUT2D eigenvalue weighted by atomic mass is 9.99. The fourth-order valence-corrected chi connectivity index (χ4v) is 2.03. The number of likely N-dealkylation sites (tertiary alicyclic amines) is 1. The van der Waals surface area contributed by atoms with E-state index in [1.165, 1.54) is 0 Å². The van der Waals surface area contributed by atoms with Gasteiger partial charge in [-0.15, -0.1) is 0 Å². The zero-order valence-corrected chi connectivity index (χ0v) is 8.64. The summed E-state index contributed by atoms with van der Waals surface area (Å²) in [6.07, 6.45) is 3.18. The summed E-state index contributed by atoms with van der Waals surface area (Å²) in [5.74, 6) is -0.0520. The number of rotatable bonds is 3. The highest BCUT2D eigenvalue weighted by atomic mass is 16.5. The largest absolute Gasteiger partial charge is 0.480 e. The SMILES string of the molecule is CC1(C(=O)O)CCCN1Cc1ccno1. The van der Waals surface area contributed by atoms with E-state index in [0.29, 0.717) is 18.7 Å². The number of carbonyl (C=O) groups is 1. The Hall–Kier alpha value is -1.36. The Bertz CT molecular complexity index is 350. The minimum atomic E-state index is -0.764. The first-order valence-electron chi connectivity index (χ1n) is 5.01. The van der Waals surface area contributed by atoms with Gasteiger partial charge in [-0.2, -0.15) is 0 Å². The Morgan fingerprint density at radius 3 is 3.20 bits per heavy atom. The van der Waals surface area contributed by atoms with Crippen molar-refractivity contribution < 1.29 is 14.4 Å². The maximum absolute atomic E-state index is 11.2.